The van der Waals surface area contributed by atoms with Gasteiger partial charge in [-0.2, -0.15) is 0 Å². The van der Waals surface area contributed by atoms with Gasteiger partial charge in [0, 0.05) is 18.2 Å². The lowest BCUT2D eigenvalue weighted by Gasteiger charge is -2.12. The van der Waals surface area contributed by atoms with Gasteiger partial charge in [-0.1, -0.05) is 42.5 Å². The van der Waals surface area contributed by atoms with E-state index in [0.29, 0.717) is 11.3 Å². The standard InChI is InChI=1S/C23H23FN2O4S/c1-17-10-11-19(23(27)25-12-13-30-21-9-5-8-20(24)15-21)14-22(17)31(28,29)26-16-18-6-3-2-4-7-18/h2-11,14-15,26H,12-13,16H2,1H3,(H,25,27). The lowest BCUT2D eigenvalue weighted by atomic mass is 10.1. The summed E-state index contributed by atoms with van der Waals surface area (Å²) in [6, 6.07) is 19.4. The molecule has 0 saturated heterocycles. The molecule has 0 aromatic heterocycles. The van der Waals surface area contributed by atoms with Crippen LogP contribution < -0.4 is 14.8 Å². The van der Waals surface area contributed by atoms with Crippen LogP contribution in [0.4, 0.5) is 4.39 Å². The Morgan fingerprint density at radius 2 is 1.77 bits per heavy atom. The van der Waals surface area contributed by atoms with Crippen LogP contribution >= 0.6 is 0 Å². The van der Waals surface area contributed by atoms with E-state index in [2.05, 4.69) is 10.0 Å². The molecule has 0 unspecified atom stereocenters. The molecule has 0 bridgehead atoms. The number of rotatable bonds is 9. The Hall–Kier alpha value is -3.23. The molecule has 31 heavy (non-hydrogen) atoms. The highest BCUT2D eigenvalue weighted by Crippen LogP contribution is 2.18. The molecule has 0 radical (unpaired) electrons. The average molecular weight is 443 g/mol. The maximum atomic E-state index is 13.1. The molecule has 1 amide bonds. The molecule has 3 aromatic rings. The summed E-state index contributed by atoms with van der Waals surface area (Å²) in [6.07, 6.45) is 0. The Balaban J connectivity index is 1.60. The van der Waals surface area contributed by atoms with Crippen molar-refractivity contribution in [3.63, 3.8) is 0 Å². The molecule has 2 N–H and O–H groups in total. The van der Waals surface area contributed by atoms with Crippen LogP contribution in [0.5, 0.6) is 5.75 Å². The fourth-order valence-corrected chi connectivity index (χ4v) is 4.16. The van der Waals surface area contributed by atoms with Crippen molar-refractivity contribution in [3.05, 3.63) is 95.3 Å². The topological polar surface area (TPSA) is 84.5 Å². The predicted octanol–water partition coefficient (Wildman–Crippen LogP) is 3.42. The maximum Gasteiger partial charge on any atom is 0.251 e. The van der Waals surface area contributed by atoms with Crippen LogP contribution in [0.25, 0.3) is 0 Å². The van der Waals surface area contributed by atoms with Gasteiger partial charge in [-0.25, -0.2) is 17.5 Å². The summed E-state index contributed by atoms with van der Waals surface area (Å²) in [5, 5.41) is 2.67. The molecule has 8 heteroatoms. The second-order valence-corrected chi connectivity index (χ2v) is 8.59. The summed E-state index contributed by atoms with van der Waals surface area (Å²) in [6.45, 7) is 2.14. The number of carbonyl (C=O) groups excluding carboxylic acids is 1. The van der Waals surface area contributed by atoms with Gasteiger partial charge in [-0.3, -0.25) is 4.79 Å². The van der Waals surface area contributed by atoms with E-state index < -0.39 is 21.7 Å². The molecule has 0 atom stereocenters. The zero-order valence-electron chi connectivity index (χ0n) is 17.0. The molecular formula is C23H23FN2O4S. The van der Waals surface area contributed by atoms with Gasteiger partial charge in [-0.05, 0) is 42.3 Å². The third-order valence-electron chi connectivity index (χ3n) is 4.50. The Bertz CT molecular complexity index is 1150. The number of amides is 1. The van der Waals surface area contributed by atoms with Crippen LogP contribution in [0.2, 0.25) is 0 Å². The minimum absolute atomic E-state index is 0.0482. The van der Waals surface area contributed by atoms with Crippen molar-refractivity contribution in [2.24, 2.45) is 0 Å². The second kappa shape index (κ2) is 10.2. The van der Waals surface area contributed by atoms with Crippen LogP contribution in [0.15, 0.2) is 77.7 Å². The summed E-state index contributed by atoms with van der Waals surface area (Å²) < 4.78 is 46.6. The molecule has 3 aromatic carbocycles. The van der Waals surface area contributed by atoms with Crippen LogP contribution in [0, 0.1) is 12.7 Å². The van der Waals surface area contributed by atoms with Gasteiger partial charge in [0.25, 0.3) is 5.91 Å². The molecule has 6 nitrogen and oxygen atoms in total. The van der Waals surface area contributed by atoms with Gasteiger partial charge >= 0.3 is 0 Å². The molecule has 0 spiro atoms. The SMILES string of the molecule is Cc1ccc(C(=O)NCCOc2cccc(F)c2)cc1S(=O)(=O)NCc1ccccc1. The lowest BCUT2D eigenvalue weighted by molar-refractivity contribution is 0.0946. The number of carbonyl (C=O) groups is 1. The number of benzene rings is 3. The minimum Gasteiger partial charge on any atom is -0.492 e. The summed E-state index contributed by atoms with van der Waals surface area (Å²) in [5.74, 6) is -0.472. The third-order valence-corrected chi connectivity index (χ3v) is 6.04. The number of nitrogens with one attached hydrogen (secondary N) is 2. The lowest BCUT2D eigenvalue weighted by Crippen LogP contribution is -2.29. The molecule has 3 rings (SSSR count). The van der Waals surface area contributed by atoms with E-state index in [0.717, 1.165) is 5.56 Å². The number of aryl methyl sites for hydroxylation is 1. The van der Waals surface area contributed by atoms with Crippen molar-refractivity contribution in [2.75, 3.05) is 13.2 Å². The number of sulfonamides is 1. The summed E-state index contributed by atoms with van der Waals surface area (Å²) in [4.78, 5) is 12.5. The summed E-state index contributed by atoms with van der Waals surface area (Å²) >= 11 is 0. The van der Waals surface area contributed by atoms with Crippen molar-refractivity contribution in [1.29, 1.82) is 0 Å². The highest BCUT2D eigenvalue weighted by atomic mass is 32.2. The molecule has 0 fully saturated rings. The van der Waals surface area contributed by atoms with Crippen LogP contribution in [0.3, 0.4) is 0 Å². The van der Waals surface area contributed by atoms with Crippen molar-refractivity contribution in [3.8, 4) is 5.75 Å². The van der Waals surface area contributed by atoms with Gasteiger partial charge in [0.1, 0.15) is 18.2 Å². The highest BCUT2D eigenvalue weighted by molar-refractivity contribution is 7.89. The van der Waals surface area contributed by atoms with E-state index in [-0.39, 0.29) is 30.2 Å². The number of hydrogen-bond donors (Lipinski definition) is 2. The highest BCUT2D eigenvalue weighted by Gasteiger charge is 2.19. The first-order valence-electron chi connectivity index (χ1n) is 9.66. The molecule has 0 heterocycles. The predicted molar refractivity (Wildman–Crippen MR) is 116 cm³/mol. The van der Waals surface area contributed by atoms with Gasteiger partial charge in [0.15, 0.2) is 0 Å². The molecule has 162 valence electrons. The average Bonchev–Trinajstić information content (AvgIpc) is 2.76. The monoisotopic (exact) mass is 442 g/mol. The van der Waals surface area contributed by atoms with E-state index >= 15 is 0 Å². The summed E-state index contributed by atoms with van der Waals surface area (Å²) in [5.41, 5.74) is 1.58. The zero-order chi connectivity index (χ0) is 22.3. The summed E-state index contributed by atoms with van der Waals surface area (Å²) in [7, 11) is -3.80. The van der Waals surface area contributed by atoms with E-state index in [1.165, 1.54) is 24.3 Å². The molecule has 0 aliphatic heterocycles. The van der Waals surface area contributed by atoms with Crippen LogP contribution in [0.1, 0.15) is 21.5 Å². The van der Waals surface area contributed by atoms with Crippen molar-refractivity contribution >= 4 is 15.9 Å². The molecular weight excluding hydrogens is 419 g/mol. The first-order valence-corrected chi connectivity index (χ1v) is 11.1. The van der Waals surface area contributed by atoms with Gasteiger partial charge in [-0.15, -0.1) is 0 Å². The van der Waals surface area contributed by atoms with Gasteiger partial charge in [0.2, 0.25) is 10.0 Å². The van der Waals surface area contributed by atoms with Gasteiger partial charge in [0.05, 0.1) is 11.4 Å². The van der Waals surface area contributed by atoms with Crippen molar-refractivity contribution in [2.45, 2.75) is 18.4 Å². The van der Waals surface area contributed by atoms with E-state index in [1.54, 1.807) is 25.1 Å². The van der Waals surface area contributed by atoms with Crippen LogP contribution in [-0.4, -0.2) is 27.5 Å². The fraction of sp³-hybridized carbons (Fsp3) is 0.174. The molecule has 0 aliphatic carbocycles. The quantitative estimate of drug-likeness (QED) is 0.498. The van der Waals surface area contributed by atoms with E-state index in [4.69, 9.17) is 4.74 Å². The smallest absolute Gasteiger partial charge is 0.251 e. The van der Waals surface area contributed by atoms with Crippen molar-refractivity contribution in [1.82, 2.24) is 10.0 Å². The molecule has 0 saturated carbocycles. The number of hydrogen-bond acceptors (Lipinski definition) is 4. The normalized spacial score (nSPS) is 11.2. The van der Waals surface area contributed by atoms with Crippen molar-refractivity contribution < 1.29 is 22.3 Å². The third kappa shape index (κ3) is 6.37. The Morgan fingerprint density at radius 3 is 2.52 bits per heavy atom. The first kappa shape index (κ1) is 22.5. The molecule has 0 aliphatic rings. The van der Waals surface area contributed by atoms with Crippen LogP contribution in [-0.2, 0) is 16.6 Å². The van der Waals surface area contributed by atoms with E-state index in [1.807, 2.05) is 30.3 Å². The Morgan fingerprint density at radius 1 is 1.00 bits per heavy atom. The minimum atomic E-state index is -3.80. The zero-order valence-corrected chi connectivity index (χ0v) is 17.8. The Labute approximate surface area is 181 Å². The van der Waals surface area contributed by atoms with Gasteiger partial charge < -0.3 is 10.1 Å². The Kier molecular flexibility index (Phi) is 7.38. The largest absolute Gasteiger partial charge is 0.492 e. The maximum absolute atomic E-state index is 13.1. The number of ether oxygens (including phenoxy) is 1. The first-order chi connectivity index (χ1) is 14.8. The second-order valence-electron chi connectivity index (χ2n) is 6.85. The number of halogens is 1. The fourth-order valence-electron chi connectivity index (χ4n) is 2.88. The van der Waals surface area contributed by atoms with E-state index in [9.17, 15) is 17.6 Å².